The molecule has 0 spiro atoms. The summed E-state index contributed by atoms with van der Waals surface area (Å²) in [5.74, 6) is 0.787. The van der Waals surface area contributed by atoms with E-state index in [1.165, 1.54) is 7.11 Å². The van der Waals surface area contributed by atoms with Crippen LogP contribution in [0.4, 0.5) is 0 Å². The van der Waals surface area contributed by atoms with Crippen molar-refractivity contribution in [2.75, 3.05) is 7.11 Å². The fraction of sp³-hybridized carbons (Fsp3) is 0.500. The van der Waals surface area contributed by atoms with Crippen LogP contribution in [0.3, 0.4) is 0 Å². The predicted octanol–water partition coefficient (Wildman–Crippen LogP) is 4.30. The van der Waals surface area contributed by atoms with Gasteiger partial charge in [0.25, 0.3) is 0 Å². The zero-order chi connectivity index (χ0) is 13.3. The molecular weight excluding hydrogens is 271 g/mol. The Bertz CT molecular complexity index is 439. The molecule has 4 heteroatoms. The summed E-state index contributed by atoms with van der Waals surface area (Å²) in [6, 6.07) is 5.61. The van der Waals surface area contributed by atoms with E-state index in [1.54, 1.807) is 6.07 Å². The smallest absolute Gasteiger partial charge is 0.308 e. The summed E-state index contributed by atoms with van der Waals surface area (Å²) in [5.41, 5.74) is 1.13. The van der Waals surface area contributed by atoms with Gasteiger partial charge in [0.15, 0.2) is 0 Å². The highest BCUT2D eigenvalue weighted by atomic mass is 35.5. The van der Waals surface area contributed by atoms with Gasteiger partial charge in [0.1, 0.15) is 0 Å². The van der Waals surface area contributed by atoms with E-state index in [4.69, 9.17) is 27.9 Å². The van der Waals surface area contributed by atoms with Gasteiger partial charge < -0.3 is 4.74 Å². The molecule has 0 bridgehead atoms. The molecule has 0 aliphatic heterocycles. The maximum Gasteiger partial charge on any atom is 0.308 e. The van der Waals surface area contributed by atoms with Gasteiger partial charge in [-0.25, -0.2) is 0 Å². The molecule has 1 aliphatic rings. The summed E-state index contributed by atoms with van der Waals surface area (Å²) in [6.07, 6.45) is 1.90. The van der Waals surface area contributed by atoms with Crippen LogP contribution in [0.5, 0.6) is 0 Å². The molecule has 1 aliphatic carbocycles. The van der Waals surface area contributed by atoms with Gasteiger partial charge in [-0.05, 0) is 48.4 Å². The zero-order valence-corrected chi connectivity index (χ0v) is 12.0. The summed E-state index contributed by atoms with van der Waals surface area (Å²) >= 11 is 12.0. The van der Waals surface area contributed by atoms with E-state index in [0.717, 1.165) is 18.4 Å². The van der Waals surface area contributed by atoms with Crippen molar-refractivity contribution in [3.05, 3.63) is 33.8 Å². The summed E-state index contributed by atoms with van der Waals surface area (Å²) in [7, 11) is 1.44. The van der Waals surface area contributed by atoms with E-state index in [9.17, 15) is 4.79 Å². The number of carbonyl (C=O) groups is 1. The van der Waals surface area contributed by atoms with Crippen molar-refractivity contribution >= 4 is 29.2 Å². The SMILES string of the molecule is COC(=O)C1CC1CC(C)c1cc(Cl)cc(Cl)c1. The molecule has 2 rings (SSSR count). The molecule has 98 valence electrons. The number of benzene rings is 1. The summed E-state index contributed by atoms with van der Waals surface area (Å²) < 4.78 is 4.75. The Morgan fingerprint density at radius 2 is 2.00 bits per heavy atom. The molecule has 0 heterocycles. The first kappa shape index (κ1) is 13.7. The molecule has 1 fully saturated rings. The van der Waals surface area contributed by atoms with Crippen molar-refractivity contribution in [2.45, 2.75) is 25.7 Å². The second-order valence-electron chi connectivity index (χ2n) is 4.96. The van der Waals surface area contributed by atoms with E-state index < -0.39 is 0 Å². The molecule has 18 heavy (non-hydrogen) atoms. The predicted molar refractivity (Wildman–Crippen MR) is 73.1 cm³/mol. The number of carbonyl (C=O) groups excluding carboxylic acids is 1. The Morgan fingerprint density at radius 3 is 2.56 bits per heavy atom. The van der Waals surface area contributed by atoms with Crippen molar-refractivity contribution in [3.8, 4) is 0 Å². The van der Waals surface area contributed by atoms with E-state index in [0.29, 0.717) is 21.9 Å². The number of ether oxygens (including phenoxy) is 1. The van der Waals surface area contributed by atoms with Crippen LogP contribution in [-0.2, 0) is 9.53 Å². The number of hydrogen-bond acceptors (Lipinski definition) is 2. The first-order valence-electron chi connectivity index (χ1n) is 6.05. The van der Waals surface area contributed by atoms with Crippen molar-refractivity contribution in [2.24, 2.45) is 11.8 Å². The number of rotatable bonds is 4. The van der Waals surface area contributed by atoms with Gasteiger partial charge in [0.2, 0.25) is 0 Å². The number of halogens is 2. The summed E-state index contributed by atoms with van der Waals surface area (Å²) in [4.78, 5) is 11.3. The average Bonchev–Trinajstić information content (AvgIpc) is 3.06. The third-order valence-electron chi connectivity index (χ3n) is 3.54. The second kappa shape index (κ2) is 5.50. The second-order valence-corrected chi connectivity index (χ2v) is 5.84. The van der Waals surface area contributed by atoms with Crippen LogP contribution in [0.1, 0.15) is 31.2 Å². The molecule has 0 amide bonds. The van der Waals surface area contributed by atoms with Crippen LogP contribution in [0, 0.1) is 11.8 Å². The number of hydrogen-bond donors (Lipinski definition) is 0. The molecular formula is C14H16Cl2O2. The Labute approximate surface area is 117 Å². The zero-order valence-electron chi connectivity index (χ0n) is 10.5. The molecule has 0 aromatic heterocycles. The van der Waals surface area contributed by atoms with E-state index in [-0.39, 0.29) is 11.9 Å². The van der Waals surface area contributed by atoms with Crippen LogP contribution < -0.4 is 0 Å². The van der Waals surface area contributed by atoms with E-state index in [2.05, 4.69) is 6.92 Å². The minimum absolute atomic E-state index is 0.0867. The monoisotopic (exact) mass is 286 g/mol. The highest BCUT2D eigenvalue weighted by Gasteiger charge is 2.44. The first-order chi connectivity index (χ1) is 8.51. The molecule has 3 atom stereocenters. The van der Waals surface area contributed by atoms with Gasteiger partial charge in [-0.1, -0.05) is 30.1 Å². The molecule has 3 unspecified atom stereocenters. The Kier molecular flexibility index (Phi) is 4.18. The van der Waals surface area contributed by atoms with Crippen LogP contribution in [0.25, 0.3) is 0 Å². The van der Waals surface area contributed by atoms with Gasteiger partial charge in [-0.15, -0.1) is 0 Å². The molecule has 0 N–H and O–H groups in total. The Balaban J connectivity index is 1.97. The van der Waals surface area contributed by atoms with Gasteiger partial charge in [0.05, 0.1) is 13.0 Å². The highest BCUT2D eigenvalue weighted by molar-refractivity contribution is 6.34. The molecule has 2 nitrogen and oxygen atoms in total. The maximum atomic E-state index is 11.3. The molecule has 0 radical (unpaired) electrons. The Morgan fingerprint density at radius 1 is 1.39 bits per heavy atom. The Hall–Kier alpha value is -0.730. The van der Waals surface area contributed by atoms with Gasteiger partial charge in [-0.2, -0.15) is 0 Å². The lowest BCUT2D eigenvalue weighted by Gasteiger charge is -2.12. The first-order valence-corrected chi connectivity index (χ1v) is 6.80. The maximum absolute atomic E-state index is 11.3. The van der Waals surface area contributed by atoms with Crippen LogP contribution in [-0.4, -0.2) is 13.1 Å². The topological polar surface area (TPSA) is 26.3 Å². The fourth-order valence-electron chi connectivity index (χ4n) is 2.40. The third kappa shape index (κ3) is 3.18. The highest BCUT2D eigenvalue weighted by Crippen LogP contribution is 2.46. The van der Waals surface area contributed by atoms with E-state index >= 15 is 0 Å². The quantitative estimate of drug-likeness (QED) is 0.772. The fourth-order valence-corrected chi connectivity index (χ4v) is 2.94. The largest absolute Gasteiger partial charge is 0.469 e. The van der Waals surface area contributed by atoms with Crippen molar-refractivity contribution in [1.29, 1.82) is 0 Å². The van der Waals surface area contributed by atoms with Crippen molar-refractivity contribution in [3.63, 3.8) is 0 Å². The number of methoxy groups -OCH3 is 1. The lowest BCUT2D eigenvalue weighted by molar-refractivity contribution is -0.142. The lowest BCUT2D eigenvalue weighted by Crippen LogP contribution is -2.05. The van der Waals surface area contributed by atoms with E-state index in [1.807, 2.05) is 12.1 Å². The molecule has 1 aromatic carbocycles. The molecule has 1 aromatic rings. The minimum Gasteiger partial charge on any atom is -0.469 e. The van der Waals surface area contributed by atoms with Gasteiger partial charge in [0, 0.05) is 10.0 Å². The summed E-state index contributed by atoms with van der Waals surface area (Å²) in [6.45, 7) is 2.13. The van der Waals surface area contributed by atoms with Gasteiger partial charge >= 0.3 is 5.97 Å². The average molecular weight is 287 g/mol. The lowest BCUT2D eigenvalue weighted by atomic mass is 9.95. The van der Waals surface area contributed by atoms with Crippen molar-refractivity contribution < 1.29 is 9.53 Å². The summed E-state index contributed by atoms with van der Waals surface area (Å²) in [5, 5.41) is 1.31. The van der Waals surface area contributed by atoms with Crippen molar-refractivity contribution in [1.82, 2.24) is 0 Å². The van der Waals surface area contributed by atoms with Crippen LogP contribution >= 0.6 is 23.2 Å². The minimum atomic E-state index is -0.0867. The molecule has 1 saturated carbocycles. The van der Waals surface area contributed by atoms with Gasteiger partial charge in [-0.3, -0.25) is 4.79 Å². The molecule has 0 saturated heterocycles. The third-order valence-corrected chi connectivity index (χ3v) is 3.97. The van der Waals surface area contributed by atoms with Crippen LogP contribution in [0.2, 0.25) is 10.0 Å². The normalized spacial score (nSPS) is 23.6. The van der Waals surface area contributed by atoms with Crippen LogP contribution in [0.15, 0.2) is 18.2 Å². The number of esters is 1. The standard InChI is InChI=1S/C14H16Cl2O2/c1-8(3-10-6-13(10)14(17)18-2)9-4-11(15)7-12(16)5-9/h4-5,7-8,10,13H,3,6H2,1-2H3.